The number of aromatic nitrogens is 3. The Hall–Kier alpha value is -1.68. The molecule has 0 saturated heterocycles. The molecule has 0 aromatic carbocycles. The minimum atomic E-state index is 0.300. The highest BCUT2D eigenvalue weighted by Gasteiger charge is 2.04. The van der Waals surface area contributed by atoms with Crippen LogP contribution in [-0.4, -0.2) is 14.8 Å². The van der Waals surface area contributed by atoms with E-state index in [1.165, 1.54) is 11.1 Å². The fourth-order valence-electron chi connectivity index (χ4n) is 1.58. The molecule has 0 radical (unpaired) electrons. The summed E-state index contributed by atoms with van der Waals surface area (Å²) < 4.78 is 1.81. The molecule has 0 aliphatic carbocycles. The molecular weight excluding hydrogens is 200 g/mol. The molecule has 0 aliphatic heterocycles. The standard InChI is InChI=1S/C12H16N4/c1-10(12-4-3-5-13-8-12)14-6-11-7-15-16(2)9-11/h3-5,7-10,14H,6H2,1-2H3/t10-/m0/s1. The lowest BCUT2D eigenvalue weighted by Crippen LogP contribution is -2.17. The van der Waals surface area contributed by atoms with Crippen LogP contribution in [0.3, 0.4) is 0 Å². The summed E-state index contributed by atoms with van der Waals surface area (Å²) in [7, 11) is 1.92. The van der Waals surface area contributed by atoms with Gasteiger partial charge < -0.3 is 5.32 Å². The predicted molar refractivity (Wildman–Crippen MR) is 62.7 cm³/mol. The lowest BCUT2D eigenvalue weighted by molar-refractivity contribution is 0.573. The summed E-state index contributed by atoms with van der Waals surface area (Å²) in [6.45, 7) is 2.96. The molecule has 2 heterocycles. The first-order valence-electron chi connectivity index (χ1n) is 5.36. The summed E-state index contributed by atoms with van der Waals surface area (Å²) in [4.78, 5) is 4.11. The van der Waals surface area contributed by atoms with Crippen LogP contribution in [0, 0.1) is 0 Å². The van der Waals surface area contributed by atoms with E-state index in [2.05, 4.69) is 28.4 Å². The molecule has 4 nitrogen and oxygen atoms in total. The van der Waals surface area contributed by atoms with Gasteiger partial charge in [0.1, 0.15) is 0 Å². The predicted octanol–water partition coefficient (Wildman–Crippen LogP) is 1.67. The van der Waals surface area contributed by atoms with Gasteiger partial charge in [-0.2, -0.15) is 5.10 Å². The second-order valence-corrected chi connectivity index (χ2v) is 3.91. The molecule has 2 aromatic heterocycles. The molecule has 4 heteroatoms. The van der Waals surface area contributed by atoms with Gasteiger partial charge in [0, 0.05) is 43.8 Å². The summed E-state index contributed by atoms with van der Waals surface area (Å²) in [5, 5.41) is 7.57. The van der Waals surface area contributed by atoms with Gasteiger partial charge in [-0.25, -0.2) is 0 Å². The highest BCUT2D eigenvalue weighted by atomic mass is 15.2. The fraction of sp³-hybridized carbons (Fsp3) is 0.333. The molecule has 0 amide bonds. The molecule has 16 heavy (non-hydrogen) atoms. The Kier molecular flexibility index (Phi) is 3.31. The molecule has 2 rings (SSSR count). The molecule has 2 aromatic rings. The average Bonchev–Trinajstić information content (AvgIpc) is 2.73. The maximum atomic E-state index is 4.13. The second kappa shape index (κ2) is 4.90. The summed E-state index contributed by atoms with van der Waals surface area (Å²) in [5.74, 6) is 0. The van der Waals surface area contributed by atoms with Crippen LogP contribution in [0.15, 0.2) is 36.9 Å². The fourth-order valence-corrected chi connectivity index (χ4v) is 1.58. The van der Waals surface area contributed by atoms with Crippen molar-refractivity contribution >= 4 is 0 Å². The Labute approximate surface area is 95.3 Å². The van der Waals surface area contributed by atoms with Gasteiger partial charge in [-0.15, -0.1) is 0 Å². The SMILES string of the molecule is C[C@H](NCc1cnn(C)c1)c1cccnc1. The number of nitrogens with one attached hydrogen (secondary N) is 1. The maximum Gasteiger partial charge on any atom is 0.0534 e. The Morgan fingerprint density at radius 1 is 1.44 bits per heavy atom. The van der Waals surface area contributed by atoms with Gasteiger partial charge in [0.05, 0.1) is 6.20 Å². The highest BCUT2D eigenvalue weighted by Crippen LogP contribution is 2.10. The van der Waals surface area contributed by atoms with Gasteiger partial charge in [-0.1, -0.05) is 6.07 Å². The van der Waals surface area contributed by atoms with E-state index in [9.17, 15) is 0 Å². The Bertz CT molecular complexity index is 435. The monoisotopic (exact) mass is 216 g/mol. The van der Waals surface area contributed by atoms with E-state index in [0.717, 1.165) is 6.54 Å². The smallest absolute Gasteiger partial charge is 0.0534 e. The van der Waals surface area contributed by atoms with Gasteiger partial charge in [0.2, 0.25) is 0 Å². The molecule has 1 N–H and O–H groups in total. The van der Waals surface area contributed by atoms with Crippen molar-refractivity contribution in [3.8, 4) is 0 Å². The maximum absolute atomic E-state index is 4.13. The van der Waals surface area contributed by atoms with Crippen LogP contribution >= 0.6 is 0 Å². The van der Waals surface area contributed by atoms with Crippen molar-refractivity contribution in [3.05, 3.63) is 48.0 Å². The van der Waals surface area contributed by atoms with Crippen LogP contribution < -0.4 is 5.32 Å². The normalized spacial score (nSPS) is 12.6. The van der Waals surface area contributed by atoms with Crippen molar-refractivity contribution < 1.29 is 0 Å². The summed E-state index contributed by atoms with van der Waals surface area (Å²) in [6.07, 6.45) is 7.57. The van der Waals surface area contributed by atoms with E-state index in [1.807, 2.05) is 36.4 Å². The Morgan fingerprint density at radius 3 is 2.94 bits per heavy atom. The average molecular weight is 216 g/mol. The second-order valence-electron chi connectivity index (χ2n) is 3.91. The van der Waals surface area contributed by atoms with E-state index >= 15 is 0 Å². The highest BCUT2D eigenvalue weighted by molar-refractivity contribution is 5.13. The van der Waals surface area contributed by atoms with Crippen LogP contribution in [0.4, 0.5) is 0 Å². The van der Waals surface area contributed by atoms with Gasteiger partial charge in [-0.05, 0) is 18.6 Å². The lowest BCUT2D eigenvalue weighted by atomic mass is 10.1. The minimum absolute atomic E-state index is 0.300. The van der Waals surface area contributed by atoms with Gasteiger partial charge in [0.15, 0.2) is 0 Å². The van der Waals surface area contributed by atoms with Crippen LogP contribution in [0.1, 0.15) is 24.1 Å². The van der Waals surface area contributed by atoms with E-state index in [4.69, 9.17) is 0 Å². The molecular formula is C12H16N4. The summed E-state index contributed by atoms with van der Waals surface area (Å²) in [5.41, 5.74) is 2.39. The van der Waals surface area contributed by atoms with Crippen LogP contribution in [0.5, 0.6) is 0 Å². The van der Waals surface area contributed by atoms with Crippen molar-refractivity contribution in [1.29, 1.82) is 0 Å². The van der Waals surface area contributed by atoms with Crippen LogP contribution in [-0.2, 0) is 13.6 Å². The molecule has 0 fully saturated rings. The van der Waals surface area contributed by atoms with E-state index in [-0.39, 0.29) is 0 Å². The zero-order valence-electron chi connectivity index (χ0n) is 9.59. The van der Waals surface area contributed by atoms with Gasteiger partial charge in [0.25, 0.3) is 0 Å². The molecule has 0 bridgehead atoms. The van der Waals surface area contributed by atoms with Crippen molar-refractivity contribution in [3.63, 3.8) is 0 Å². The van der Waals surface area contributed by atoms with Gasteiger partial charge in [-0.3, -0.25) is 9.67 Å². The van der Waals surface area contributed by atoms with E-state index in [0.29, 0.717) is 6.04 Å². The third-order valence-electron chi connectivity index (χ3n) is 2.56. The first-order chi connectivity index (χ1) is 7.75. The molecule has 1 atom stereocenters. The summed E-state index contributed by atoms with van der Waals surface area (Å²) >= 11 is 0. The van der Waals surface area contributed by atoms with Crippen LogP contribution in [0.2, 0.25) is 0 Å². The van der Waals surface area contributed by atoms with Crippen molar-refractivity contribution in [1.82, 2.24) is 20.1 Å². The minimum Gasteiger partial charge on any atom is -0.306 e. The zero-order valence-corrected chi connectivity index (χ0v) is 9.59. The molecule has 0 aliphatic rings. The van der Waals surface area contributed by atoms with E-state index in [1.54, 1.807) is 6.20 Å². The molecule has 0 saturated carbocycles. The summed E-state index contributed by atoms with van der Waals surface area (Å²) in [6, 6.07) is 4.33. The first kappa shape index (κ1) is 10.8. The van der Waals surface area contributed by atoms with Crippen LogP contribution in [0.25, 0.3) is 0 Å². The topological polar surface area (TPSA) is 42.7 Å². The van der Waals surface area contributed by atoms with Crippen molar-refractivity contribution in [2.24, 2.45) is 7.05 Å². The molecule has 84 valence electrons. The first-order valence-corrected chi connectivity index (χ1v) is 5.36. The number of pyridine rings is 1. The third kappa shape index (κ3) is 2.67. The van der Waals surface area contributed by atoms with Gasteiger partial charge >= 0.3 is 0 Å². The molecule has 0 unspecified atom stereocenters. The molecule has 0 spiro atoms. The van der Waals surface area contributed by atoms with Crippen molar-refractivity contribution in [2.45, 2.75) is 19.5 Å². The number of nitrogens with zero attached hydrogens (tertiary/aromatic N) is 3. The van der Waals surface area contributed by atoms with Crippen molar-refractivity contribution in [2.75, 3.05) is 0 Å². The lowest BCUT2D eigenvalue weighted by Gasteiger charge is -2.12. The largest absolute Gasteiger partial charge is 0.306 e. The third-order valence-corrected chi connectivity index (χ3v) is 2.56. The number of rotatable bonds is 4. The number of aryl methyl sites for hydroxylation is 1. The number of hydrogen-bond acceptors (Lipinski definition) is 3. The van der Waals surface area contributed by atoms with E-state index < -0.39 is 0 Å². The number of hydrogen-bond donors (Lipinski definition) is 1. The zero-order chi connectivity index (χ0) is 11.4. The Morgan fingerprint density at radius 2 is 2.31 bits per heavy atom. The Balaban J connectivity index is 1.91. The quantitative estimate of drug-likeness (QED) is 0.845.